The van der Waals surface area contributed by atoms with Crippen molar-refractivity contribution in [2.45, 2.75) is 12.8 Å². The van der Waals surface area contributed by atoms with Gasteiger partial charge in [-0.2, -0.15) is 0 Å². The molecule has 4 heteroatoms. The molecular weight excluding hydrogens is 218 g/mol. The van der Waals surface area contributed by atoms with E-state index in [1.165, 1.54) is 0 Å². The van der Waals surface area contributed by atoms with Crippen LogP contribution in [-0.4, -0.2) is 43.2 Å². The first-order valence-corrected chi connectivity index (χ1v) is 5.71. The number of carboxylic acid groups (broad SMARTS) is 1. The Morgan fingerprint density at radius 1 is 1.29 bits per heavy atom. The van der Waals surface area contributed by atoms with Gasteiger partial charge in [0.15, 0.2) is 0 Å². The molecule has 0 aliphatic heterocycles. The van der Waals surface area contributed by atoms with Crippen LogP contribution < -0.4 is 4.74 Å². The fraction of sp³-hybridized carbons (Fsp3) is 0.462. The molecule has 0 saturated heterocycles. The number of para-hydroxylation sites is 1. The molecule has 0 aliphatic rings. The minimum Gasteiger partial charge on any atom is -0.493 e. The summed E-state index contributed by atoms with van der Waals surface area (Å²) < 4.78 is 5.48. The summed E-state index contributed by atoms with van der Waals surface area (Å²) in [7, 11) is 4.06. The molecule has 0 spiro atoms. The summed E-state index contributed by atoms with van der Waals surface area (Å²) in [5, 5.41) is 8.95. The Labute approximate surface area is 102 Å². The molecule has 94 valence electrons. The van der Waals surface area contributed by atoms with Crippen LogP contribution >= 0.6 is 0 Å². The molecule has 1 N–H and O–H groups in total. The second kappa shape index (κ2) is 6.91. The summed E-state index contributed by atoms with van der Waals surface area (Å²) in [6, 6.07) is 6.72. The van der Waals surface area contributed by atoms with Crippen LogP contribution in [-0.2, 0) is 0 Å². The highest BCUT2D eigenvalue weighted by Crippen LogP contribution is 2.17. The quantitative estimate of drug-likeness (QED) is 0.738. The van der Waals surface area contributed by atoms with Crippen molar-refractivity contribution in [2.75, 3.05) is 27.2 Å². The van der Waals surface area contributed by atoms with Crippen LogP contribution in [0.3, 0.4) is 0 Å². The van der Waals surface area contributed by atoms with E-state index in [1.54, 1.807) is 24.3 Å². The minimum atomic E-state index is -0.950. The molecule has 0 aliphatic carbocycles. The zero-order chi connectivity index (χ0) is 12.7. The van der Waals surface area contributed by atoms with Gasteiger partial charge in [-0.25, -0.2) is 4.79 Å². The van der Waals surface area contributed by atoms with Crippen molar-refractivity contribution in [2.24, 2.45) is 0 Å². The molecule has 17 heavy (non-hydrogen) atoms. The third-order valence-corrected chi connectivity index (χ3v) is 2.37. The van der Waals surface area contributed by atoms with Crippen molar-refractivity contribution in [3.05, 3.63) is 29.8 Å². The first kappa shape index (κ1) is 13.5. The SMILES string of the molecule is CN(C)CCCCOc1ccccc1C(=O)O. The molecule has 0 saturated carbocycles. The van der Waals surface area contributed by atoms with Gasteiger partial charge in [0, 0.05) is 0 Å². The van der Waals surface area contributed by atoms with Gasteiger partial charge in [-0.3, -0.25) is 0 Å². The van der Waals surface area contributed by atoms with E-state index in [-0.39, 0.29) is 5.56 Å². The van der Waals surface area contributed by atoms with Gasteiger partial charge in [-0.05, 0) is 45.6 Å². The van der Waals surface area contributed by atoms with Crippen molar-refractivity contribution in [1.29, 1.82) is 0 Å². The number of ether oxygens (including phenoxy) is 1. The minimum absolute atomic E-state index is 0.222. The van der Waals surface area contributed by atoms with E-state index in [2.05, 4.69) is 4.90 Å². The van der Waals surface area contributed by atoms with E-state index in [4.69, 9.17) is 9.84 Å². The summed E-state index contributed by atoms with van der Waals surface area (Å²) in [6.07, 6.45) is 1.97. The fourth-order valence-electron chi connectivity index (χ4n) is 1.48. The molecule has 0 radical (unpaired) electrons. The van der Waals surface area contributed by atoms with E-state index < -0.39 is 5.97 Å². The van der Waals surface area contributed by atoms with Crippen LogP contribution in [0, 0.1) is 0 Å². The van der Waals surface area contributed by atoms with Crippen molar-refractivity contribution >= 4 is 5.97 Å². The van der Waals surface area contributed by atoms with Gasteiger partial charge in [-0.15, -0.1) is 0 Å². The lowest BCUT2D eigenvalue weighted by molar-refractivity contribution is 0.0692. The van der Waals surface area contributed by atoms with E-state index in [0.717, 1.165) is 19.4 Å². The van der Waals surface area contributed by atoms with Crippen molar-refractivity contribution < 1.29 is 14.6 Å². The van der Waals surface area contributed by atoms with E-state index in [9.17, 15) is 4.79 Å². The predicted octanol–water partition coefficient (Wildman–Crippen LogP) is 2.11. The van der Waals surface area contributed by atoms with Crippen LogP contribution in [0.15, 0.2) is 24.3 Å². The number of benzene rings is 1. The van der Waals surface area contributed by atoms with Gasteiger partial charge in [0.1, 0.15) is 11.3 Å². The second-order valence-corrected chi connectivity index (χ2v) is 4.16. The summed E-state index contributed by atoms with van der Waals surface area (Å²) in [4.78, 5) is 13.0. The number of carboxylic acids is 1. The number of carbonyl (C=O) groups is 1. The van der Waals surface area contributed by atoms with Crippen LogP contribution in [0.1, 0.15) is 23.2 Å². The fourth-order valence-corrected chi connectivity index (χ4v) is 1.48. The molecule has 0 amide bonds. The molecule has 1 aromatic carbocycles. The molecule has 4 nitrogen and oxygen atoms in total. The number of hydrogen-bond donors (Lipinski definition) is 1. The highest BCUT2D eigenvalue weighted by molar-refractivity contribution is 5.90. The highest BCUT2D eigenvalue weighted by Gasteiger charge is 2.09. The van der Waals surface area contributed by atoms with Gasteiger partial charge in [0.2, 0.25) is 0 Å². The predicted molar refractivity (Wildman–Crippen MR) is 66.7 cm³/mol. The average Bonchev–Trinajstić information content (AvgIpc) is 2.28. The van der Waals surface area contributed by atoms with Crippen molar-refractivity contribution in [3.8, 4) is 5.75 Å². The number of hydrogen-bond acceptors (Lipinski definition) is 3. The molecule has 1 aromatic rings. The Balaban J connectivity index is 2.39. The molecule has 1 rings (SSSR count). The van der Waals surface area contributed by atoms with E-state index >= 15 is 0 Å². The maximum atomic E-state index is 10.9. The standard InChI is InChI=1S/C13H19NO3/c1-14(2)9-5-6-10-17-12-8-4-3-7-11(12)13(15)16/h3-4,7-8H,5-6,9-10H2,1-2H3,(H,15,16). The van der Waals surface area contributed by atoms with E-state index in [0.29, 0.717) is 12.4 Å². The lowest BCUT2D eigenvalue weighted by Crippen LogP contribution is -2.14. The Bertz CT molecular complexity index is 363. The van der Waals surface area contributed by atoms with Crippen LogP contribution in [0.25, 0.3) is 0 Å². The van der Waals surface area contributed by atoms with Crippen molar-refractivity contribution in [1.82, 2.24) is 4.90 Å². The van der Waals surface area contributed by atoms with Gasteiger partial charge in [-0.1, -0.05) is 12.1 Å². The first-order chi connectivity index (χ1) is 8.11. The highest BCUT2D eigenvalue weighted by atomic mass is 16.5. The Morgan fingerprint density at radius 3 is 2.65 bits per heavy atom. The summed E-state index contributed by atoms with van der Waals surface area (Å²) in [5.74, 6) is -0.501. The summed E-state index contributed by atoms with van der Waals surface area (Å²) >= 11 is 0. The number of aromatic carboxylic acids is 1. The van der Waals surface area contributed by atoms with Crippen LogP contribution in [0.2, 0.25) is 0 Å². The third-order valence-electron chi connectivity index (χ3n) is 2.37. The molecule has 0 fully saturated rings. The second-order valence-electron chi connectivity index (χ2n) is 4.16. The molecular formula is C13H19NO3. The van der Waals surface area contributed by atoms with E-state index in [1.807, 2.05) is 14.1 Å². The number of unbranched alkanes of at least 4 members (excludes halogenated alkanes) is 1. The molecule has 0 unspecified atom stereocenters. The molecule has 0 aromatic heterocycles. The summed E-state index contributed by atoms with van der Waals surface area (Å²) in [5.41, 5.74) is 0.222. The topological polar surface area (TPSA) is 49.8 Å². The molecule has 0 atom stereocenters. The summed E-state index contributed by atoms with van der Waals surface area (Å²) in [6.45, 7) is 1.57. The van der Waals surface area contributed by atoms with Gasteiger partial charge >= 0.3 is 5.97 Å². The van der Waals surface area contributed by atoms with Gasteiger partial charge in [0.25, 0.3) is 0 Å². The molecule has 0 heterocycles. The zero-order valence-corrected chi connectivity index (χ0v) is 10.3. The maximum absolute atomic E-state index is 10.9. The smallest absolute Gasteiger partial charge is 0.339 e. The number of rotatable bonds is 7. The molecule has 0 bridgehead atoms. The third kappa shape index (κ3) is 4.87. The lowest BCUT2D eigenvalue weighted by atomic mass is 10.2. The van der Waals surface area contributed by atoms with Gasteiger partial charge < -0.3 is 14.7 Å². The Morgan fingerprint density at radius 2 is 2.00 bits per heavy atom. The lowest BCUT2D eigenvalue weighted by Gasteiger charge is -2.11. The average molecular weight is 237 g/mol. The van der Waals surface area contributed by atoms with Crippen LogP contribution in [0.5, 0.6) is 5.75 Å². The van der Waals surface area contributed by atoms with Crippen LogP contribution in [0.4, 0.5) is 0 Å². The normalized spacial score (nSPS) is 10.5. The largest absolute Gasteiger partial charge is 0.493 e. The Kier molecular flexibility index (Phi) is 5.49. The van der Waals surface area contributed by atoms with Crippen molar-refractivity contribution in [3.63, 3.8) is 0 Å². The first-order valence-electron chi connectivity index (χ1n) is 5.71. The monoisotopic (exact) mass is 237 g/mol. The maximum Gasteiger partial charge on any atom is 0.339 e. The number of nitrogens with zero attached hydrogens (tertiary/aromatic N) is 1. The van der Waals surface area contributed by atoms with Gasteiger partial charge in [0.05, 0.1) is 6.61 Å². The Hall–Kier alpha value is -1.55. The zero-order valence-electron chi connectivity index (χ0n) is 10.3.